The molecule has 1 atom stereocenters. The van der Waals surface area contributed by atoms with Crippen LogP contribution in [0, 0.1) is 0 Å². The second-order valence-corrected chi connectivity index (χ2v) is 4.00. The first-order valence-electron chi connectivity index (χ1n) is 2.98. The molecule has 1 aliphatic heterocycles. The van der Waals surface area contributed by atoms with Crippen LogP contribution in [0.3, 0.4) is 0 Å². The molecule has 9 heavy (non-hydrogen) atoms. The predicted octanol–water partition coefficient (Wildman–Crippen LogP) is 0.628. The molecule has 1 heterocycles. The van der Waals surface area contributed by atoms with Gasteiger partial charge in [0.2, 0.25) is 5.91 Å². The summed E-state index contributed by atoms with van der Waals surface area (Å²) < 4.78 is 0.164. The van der Waals surface area contributed by atoms with Gasteiger partial charge in [-0.3, -0.25) is 4.79 Å². The third-order valence-corrected chi connectivity index (χ3v) is 2.96. The van der Waals surface area contributed by atoms with E-state index < -0.39 is 0 Å². The monoisotopic (exact) mass is 145 g/mol. The maximum atomic E-state index is 10.7. The third-order valence-electron chi connectivity index (χ3n) is 1.69. The molecule has 1 amide bonds. The molecule has 0 spiro atoms. The summed E-state index contributed by atoms with van der Waals surface area (Å²) in [4.78, 5) is 10.7. The van der Waals surface area contributed by atoms with Crippen LogP contribution >= 0.6 is 11.8 Å². The first kappa shape index (κ1) is 6.93. The summed E-state index contributed by atoms with van der Waals surface area (Å²) in [5.41, 5.74) is 0. The van der Waals surface area contributed by atoms with Crippen molar-refractivity contribution in [3.05, 3.63) is 0 Å². The highest BCUT2D eigenvalue weighted by Crippen LogP contribution is 2.28. The summed E-state index contributed by atoms with van der Waals surface area (Å²) in [5.74, 6) is 0.187. The lowest BCUT2D eigenvalue weighted by molar-refractivity contribution is -0.119. The van der Waals surface area contributed by atoms with Gasteiger partial charge in [-0.15, -0.1) is 0 Å². The molecule has 1 rings (SSSR count). The van der Waals surface area contributed by atoms with Crippen molar-refractivity contribution in [3.8, 4) is 0 Å². The largest absolute Gasteiger partial charge is 0.355 e. The van der Waals surface area contributed by atoms with E-state index >= 15 is 0 Å². The minimum Gasteiger partial charge on any atom is -0.355 e. The third kappa shape index (κ3) is 1.39. The lowest BCUT2D eigenvalue weighted by Crippen LogP contribution is -2.22. The molecule has 0 aromatic carbocycles. The van der Waals surface area contributed by atoms with Gasteiger partial charge in [0, 0.05) is 17.7 Å². The summed E-state index contributed by atoms with van der Waals surface area (Å²) in [7, 11) is 0. The van der Waals surface area contributed by atoms with Crippen molar-refractivity contribution in [1.82, 2.24) is 5.32 Å². The van der Waals surface area contributed by atoms with E-state index in [4.69, 9.17) is 0 Å². The molecule has 1 saturated heterocycles. The fourth-order valence-electron chi connectivity index (χ4n) is 0.895. The van der Waals surface area contributed by atoms with E-state index in [1.807, 2.05) is 6.26 Å². The highest BCUT2D eigenvalue weighted by Gasteiger charge is 2.32. The van der Waals surface area contributed by atoms with Gasteiger partial charge in [-0.05, 0) is 13.2 Å². The number of carbonyl (C=O) groups excluding carboxylic acids is 1. The molecule has 0 aromatic rings. The van der Waals surface area contributed by atoms with Crippen LogP contribution in [0.4, 0.5) is 0 Å². The Kier molecular flexibility index (Phi) is 1.70. The van der Waals surface area contributed by atoms with Gasteiger partial charge in [0.05, 0.1) is 0 Å². The van der Waals surface area contributed by atoms with Gasteiger partial charge in [-0.2, -0.15) is 11.8 Å². The van der Waals surface area contributed by atoms with Crippen molar-refractivity contribution in [2.24, 2.45) is 0 Å². The van der Waals surface area contributed by atoms with Gasteiger partial charge in [0.15, 0.2) is 0 Å². The van der Waals surface area contributed by atoms with Crippen LogP contribution in [-0.2, 0) is 4.79 Å². The van der Waals surface area contributed by atoms with Crippen LogP contribution in [0.5, 0.6) is 0 Å². The van der Waals surface area contributed by atoms with Gasteiger partial charge in [0.25, 0.3) is 0 Å². The quantitative estimate of drug-likeness (QED) is 0.586. The highest BCUT2D eigenvalue weighted by molar-refractivity contribution is 8.00. The second-order valence-electron chi connectivity index (χ2n) is 2.61. The van der Waals surface area contributed by atoms with Crippen molar-refractivity contribution in [2.45, 2.75) is 18.1 Å². The number of nitrogens with one attached hydrogen (secondary N) is 1. The zero-order valence-electron chi connectivity index (χ0n) is 5.73. The average molecular weight is 145 g/mol. The smallest absolute Gasteiger partial charge is 0.221 e. The van der Waals surface area contributed by atoms with Crippen molar-refractivity contribution in [3.63, 3.8) is 0 Å². The van der Waals surface area contributed by atoms with Crippen molar-refractivity contribution >= 4 is 17.7 Å². The molecule has 0 saturated carbocycles. The Morgan fingerprint density at radius 3 is 2.67 bits per heavy atom. The minimum atomic E-state index is 0.164. The average Bonchev–Trinajstić information content (AvgIpc) is 2.13. The fourth-order valence-corrected chi connectivity index (χ4v) is 1.39. The molecule has 1 aliphatic rings. The lowest BCUT2D eigenvalue weighted by Gasteiger charge is -2.16. The number of amides is 1. The van der Waals surface area contributed by atoms with Gasteiger partial charge in [-0.1, -0.05) is 0 Å². The molecule has 52 valence electrons. The molecule has 0 radical (unpaired) electrons. The molecule has 1 fully saturated rings. The summed E-state index contributed by atoms with van der Waals surface area (Å²) in [6.07, 6.45) is 2.72. The number of rotatable bonds is 1. The van der Waals surface area contributed by atoms with Crippen LogP contribution in [0.2, 0.25) is 0 Å². The standard InChI is InChI=1S/C6H11NOS/c1-6(9-2)3-5(8)7-4-6/h3-4H2,1-2H3,(H,7,8)/t6-/m0/s1. The van der Waals surface area contributed by atoms with Crippen LogP contribution in [0.15, 0.2) is 0 Å². The van der Waals surface area contributed by atoms with Gasteiger partial charge >= 0.3 is 0 Å². The first-order chi connectivity index (χ1) is 4.16. The van der Waals surface area contributed by atoms with Gasteiger partial charge in [-0.25, -0.2) is 0 Å². The molecule has 0 unspecified atom stereocenters. The van der Waals surface area contributed by atoms with Gasteiger partial charge < -0.3 is 5.32 Å². The van der Waals surface area contributed by atoms with Crippen molar-refractivity contribution < 1.29 is 4.79 Å². The van der Waals surface area contributed by atoms with Crippen LogP contribution in [0.25, 0.3) is 0 Å². The molecule has 0 aliphatic carbocycles. The molecule has 0 bridgehead atoms. The van der Waals surface area contributed by atoms with E-state index in [1.165, 1.54) is 0 Å². The van der Waals surface area contributed by atoms with E-state index in [0.717, 1.165) is 6.54 Å². The predicted molar refractivity (Wildman–Crippen MR) is 39.5 cm³/mol. The topological polar surface area (TPSA) is 29.1 Å². The Bertz CT molecular complexity index is 137. The van der Waals surface area contributed by atoms with Crippen LogP contribution < -0.4 is 5.32 Å². The van der Waals surface area contributed by atoms with E-state index in [1.54, 1.807) is 11.8 Å². The number of thioether (sulfide) groups is 1. The van der Waals surface area contributed by atoms with Crippen LogP contribution in [-0.4, -0.2) is 23.5 Å². The zero-order valence-corrected chi connectivity index (χ0v) is 6.55. The summed E-state index contributed by atoms with van der Waals surface area (Å²) in [6.45, 7) is 2.93. The van der Waals surface area contributed by atoms with E-state index in [9.17, 15) is 4.79 Å². The Balaban J connectivity index is 2.54. The normalized spacial score (nSPS) is 34.7. The summed E-state index contributed by atoms with van der Waals surface area (Å²) in [5, 5.41) is 2.80. The second kappa shape index (κ2) is 2.21. The molecule has 2 nitrogen and oxygen atoms in total. The highest BCUT2D eigenvalue weighted by atomic mass is 32.2. The minimum absolute atomic E-state index is 0.164. The van der Waals surface area contributed by atoms with E-state index in [2.05, 4.69) is 12.2 Å². The maximum absolute atomic E-state index is 10.7. The number of hydrogen-bond donors (Lipinski definition) is 1. The molecule has 0 aromatic heterocycles. The SMILES string of the molecule is CS[C@]1(C)CNC(=O)C1. The fraction of sp³-hybridized carbons (Fsp3) is 0.833. The number of carbonyl (C=O) groups is 1. The zero-order chi connectivity index (χ0) is 6.91. The summed E-state index contributed by atoms with van der Waals surface area (Å²) in [6, 6.07) is 0. The Morgan fingerprint density at radius 1 is 1.78 bits per heavy atom. The van der Waals surface area contributed by atoms with Gasteiger partial charge in [0.1, 0.15) is 0 Å². The Labute approximate surface area is 59.4 Å². The lowest BCUT2D eigenvalue weighted by atomic mass is 10.1. The summed E-state index contributed by atoms with van der Waals surface area (Å²) >= 11 is 1.76. The maximum Gasteiger partial charge on any atom is 0.221 e. The van der Waals surface area contributed by atoms with Crippen LogP contribution in [0.1, 0.15) is 13.3 Å². The molecule has 1 N–H and O–H groups in total. The van der Waals surface area contributed by atoms with Crippen molar-refractivity contribution in [1.29, 1.82) is 0 Å². The molecular formula is C6H11NOS. The van der Waals surface area contributed by atoms with Crippen molar-refractivity contribution in [2.75, 3.05) is 12.8 Å². The number of hydrogen-bond acceptors (Lipinski definition) is 2. The van der Waals surface area contributed by atoms with E-state index in [-0.39, 0.29) is 10.7 Å². The Hall–Kier alpha value is -0.180. The molecule has 3 heteroatoms. The molecular weight excluding hydrogens is 134 g/mol. The first-order valence-corrected chi connectivity index (χ1v) is 4.21. The Morgan fingerprint density at radius 2 is 2.44 bits per heavy atom. The van der Waals surface area contributed by atoms with E-state index in [0.29, 0.717) is 6.42 Å².